The minimum absolute atomic E-state index is 0.0437. The van der Waals surface area contributed by atoms with E-state index in [1.54, 1.807) is 31.5 Å². The van der Waals surface area contributed by atoms with Crippen molar-refractivity contribution in [1.29, 1.82) is 0 Å². The van der Waals surface area contributed by atoms with Crippen molar-refractivity contribution in [2.75, 3.05) is 44.8 Å². The predicted octanol–water partition coefficient (Wildman–Crippen LogP) is 2.14. The van der Waals surface area contributed by atoms with Gasteiger partial charge in [0.2, 0.25) is 5.88 Å². The Balaban J connectivity index is 1.41. The van der Waals surface area contributed by atoms with E-state index in [-0.39, 0.29) is 17.3 Å². The van der Waals surface area contributed by atoms with E-state index >= 15 is 0 Å². The Hall–Kier alpha value is -2.74. The van der Waals surface area contributed by atoms with Crippen LogP contribution in [0.1, 0.15) is 23.2 Å². The third kappa shape index (κ3) is 3.64. The highest BCUT2D eigenvalue weighted by Crippen LogP contribution is 2.33. The Morgan fingerprint density at radius 3 is 2.71 bits per heavy atom. The number of likely N-dealkylation sites (tertiary alicyclic amines) is 1. The van der Waals surface area contributed by atoms with Gasteiger partial charge in [0.25, 0.3) is 5.91 Å². The van der Waals surface area contributed by atoms with Crippen LogP contribution in [-0.2, 0) is 4.74 Å². The topological polar surface area (TPSA) is 67.8 Å². The smallest absolute Gasteiger partial charge is 0.255 e. The summed E-state index contributed by atoms with van der Waals surface area (Å²) in [6.07, 6.45) is 5.81. The highest BCUT2D eigenvalue weighted by Gasteiger charge is 2.41. The molecule has 2 aliphatic rings. The van der Waals surface area contributed by atoms with Gasteiger partial charge < -0.3 is 19.3 Å². The molecule has 2 aromatic heterocycles. The zero-order valence-corrected chi connectivity index (χ0v) is 15.8. The maximum Gasteiger partial charge on any atom is 0.255 e. The molecule has 1 spiro atoms. The van der Waals surface area contributed by atoms with E-state index in [9.17, 15) is 9.18 Å². The highest BCUT2D eigenvalue weighted by molar-refractivity contribution is 5.94. The quantitative estimate of drug-likeness (QED) is 0.805. The second-order valence-electron chi connectivity index (χ2n) is 7.16. The van der Waals surface area contributed by atoms with E-state index < -0.39 is 0 Å². The van der Waals surface area contributed by atoms with Crippen molar-refractivity contribution in [2.45, 2.75) is 18.4 Å². The number of rotatable bonds is 3. The summed E-state index contributed by atoms with van der Waals surface area (Å²) in [5.41, 5.74) is 0.741. The molecule has 2 saturated heterocycles. The number of amides is 1. The van der Waals surface area contributed by atoms with Crippen LogP contribution >= 0.6 is 0 Å². The normalized spacial score (nSPS) is 18.9. The van der Waals surface area contributed by atoms with Gasteiger partial charge in [-0.2, -0.15) is 0 Å². The Morgan fingerprint density at radius 1 is 1.21 bits per heavy atom. The summed E-state index contributed by atoms with van der Waals surface area (Å²) in [4.78, 5) is 24.5. The maximum atomic E-state index is 14.1. The van der Waals surface area contributed by atoms with Crippen LogP contribution in [0.2, 0.25) is 0 Å². The lowest BCUT2D eigenvalue weighted by atomic mass is 9.89. The second-order valence-corrected chi connectivity index (χ2v) is 7.16. The molecule has 4 rings (SSSR count). The monoisotopic (exact) mass is 386 g/mol. The Morgan fingerprint density at radius 2 is 2.04 bits per heavy atom. The summed E-state index contributed by atoms with van der Waals surface area (Å²) in [5, 5.41) is 0. The third-order valence-corrected chi connectivity index (χ3v) is 5.49. The molecular formula is C20H23FN4O3. The van der Waals surface area contributed by atoms with E-state index in [0.717, 1.165) is 0 Å². The molecule has 148 valence electrons. The number of carbonyl (C=O) groups excluding carboxylic acids is 1. The molecule has 0 N–H and O–H groups in total. The molecule has 4 heterocycles. The summed E-state index contributed by atoms with van der Waals surface area (Å²) in [6.45, 7) is 2.98. The van der Waals surface area contributed by atoms with Gasteiger partial charge in [0.05, 0.1) is 36.8 Å². The van der Waals surface area contributed by atoms with Crippen LogP contribution in [0.3, 0.4) is 0 Å². The summed E-state index contributed by atoms with van der Waals surface area (Å²) in [6, 6.07) is 5.11. The van der Waals surface area contributed by atoms with Crippen LogP contribution in [-0.4, -0.2) is 66.3 Å². The number of hydrogen-bond donors (Lipinski definition) is 0. The number of hydrogen-bond acceptors (Lipinski definition) is 6. The van der Waals surface area contributed by atoms with Crippen LogP contribution in [0, 0.1) is 5.82 Å². The molecule has 0 aliphatic carbocycles. The Kier molecular flexibility index (Phi) is 5.13. The molecule has 0 radical (unpaired) electrons. The van der Waals surface area contributed by atoms with Crippen molar-refractivity contribution in [3.05, 3.63) is 48.2 Å². The number of pyridine rings is 2. The zero-order chi connectivity index (χ0) is 19.6. The van der Waals surface area contributed by atoms with Crippen LogP contribution < -0.4 is 9.64 Å². The molecule has 0 atom stereocenters. The zero-order valence-electron chi connectivity index (χ0n) is 15.8. The van der Waals surface area contributed by atoms with Crippen LogP contribution in [0.5, 0.6) is 5.88 Å². The Bertz CT molecular complexity index is 838. The number of aromatic nitrogens is 2. The highest BCUT2D eigenvalue weighted by atomic mass is 19.1. The van der Waals surface area contributed by atoms with Crippen LogP contribution in [0.25, 0.3) is 0 Å². The van der Waals surface area contributed by atoms with Gasteiger partial charge in [-0.3, -0.25) is 9.78 Å². The molecule has 28 heavy (non-hydrogen) atoms. The first-order chi connectivity index (χ1) is 13.6. The van der Waals surface area contributed by atoms with E-state index in [1.165, 1.54) is 12.4 Å². The average molecular weight is 386 g/mol. The summed E-state index contributed by atoms with van der Waals surface area (Å²) < 4.78 is 25.3. The summed E-state index contributed by atoms with van der Waals surface area (Å²) >= 11 is 0. The van der Waals surface area contributed by atoms with E-state index in [1.807, 2.05) is 9.80 Å². The minimum atomic E-state index is -0.358. The van der Waals surface area contributed by atoms with Crippen molar-refractivity contribution in [3.63, 3.8) is 0 Å². The fraction of sp³-hybridized carbons (Fsp3) is 0.450. The predicted molar refractivity (Wildman–Crippen MR) is 101 cm³/mol. The average Bonchev–Trinajstić information content (AvgIpc) is 2.74. The number of methoxy groups -OCH3 is 1. The molecule has 2 aromatic rings. The molecule has 1 amide bonds. The number of halogens is 1. The van der Waals surface area contributed by atoms with Crippen molar-refractivity contribution >= 4 is 11.6 Å². The van der Waals surface area contributed by atoms with Gasteiger partial charge in [-0.25, -0.2) is 9.37 Å². The Labute approximate surface area is 163 Å². The molecule has 0 unspecified atom stereocenters. The van der Waals surface area contributed by atoms with Gasteiger partial charge in [-0.05, 0) is 25.0 Å². The summed E-state index contributed by atoms with van der Waals surface area (Å²) in [7, 11) is 1.54. The fourth-order valence-electron chi connectivity index (χ4n) is 3.90. The molecule has 0 aromatic carbocycles. The van der Waals surface area contributed by atoms with Crippen molar-refractivity contribution in [1.82, 2.24) is 14.9 Å². The fourth-order valence-corrected chi connectivity index (χ4v) is 3.90. The lowest BCUT2D eigenvalue weighted by Crippen LogP contribution is -2.57. The first-order valence-corrected chi connectivity index (χ1v) is 9.38. The number of morpholine rings is 1. The van der Waals surface area contributed by atoms with E-state index in [2.05, 4.69) is 9.97 Å². The van der Waals surface area contributed by atoms with E-state index in [0.29, 0.717) is 62.8 Å². The first kappa shape index (κ1) is 18.6. The lowest BCUT2D eigenvalue weighted by Gasteiger charge is -2.48. The summed E-state index contributed by atoms with van der Waals surface area (Å²) in [5.74, 6) is 0.116. The first-order valence-electron chi connectivity index (χ1n) is 9.38. The number of anilines is 1. The van der Waals surface area contributed by atoms with Gasteiger partial charge in [0.1, 0.15) is 0 Å². The molecular weight excluding hydrogens is 363 g/mol. The SMILES string of the molecule is COc1ccc(C(=O)N2CCC3(CC2)CN(c2ccncc2F)CCO3)cn1. The minimum Gasteiger partial charge on any atom is -0.481 e. The molecule has 0 saturated carbocycles. The van der Waals surface area contributed by atoms with Crippen molar-refractivity contribution in [2.24, 2.45) is 0 Å². The van der Waals surface area contributed by atoms with Crippen LogP contribution in [0.15, 0.2) is 36.8 Å². The molecule has 7 nitrogen and oxygen atoms in total. The largest absolute Gasteiger partial charge is 0.481 e. The standard InChI is InChI=1S/C20H23FN4O3/c1-27-18-3-2-15(12-23-18)19(26)24-8-5-20(6-9-24)14-25(10-11-28-20)17-4-7-22-13-16(17)21/h2-4,7,12-13H,5-6,8-11,14H2,1H3. The van der Waals surface area contributed by atoms with E-state index in [4.69, 9.17) is 9.47 Å². The number of piperidine rings is 1. The van der Waals surface area contributed by atoms with Crippen molar-refractivity contribution in [3.8, 4) is 5.88 Å². The second kappa shape index (κ2) is 7.71. The molecule has 0 bridgehead atoms. The number of ether oxygens (including phenoxy) is 2. The van der Waals surface area contributed by atoms with Gasteiger partial charge in [0.15, 0.2) is 5.82 Å². The van der Waals surface area contributed by atoms with Gasteiger partial charge in [-0.1, -0.05) is 0 Å². The molecule has 2 aliphatic heterocycles. The molecule has 8 heteroatoms. The lowest BCUT2D eigenvalue weighted by molar-refractivity contribution is -0.0869. The molecule has 2 fully saturated rings. The van der Waals surface area contributed by atoms with Gasteiger partial charge in [0, 0.05) is 44.6 Å². The van der Waals surface area contributed by atoms with Gasteiger partial charge >= 0.3 is 0 Å². The number of nitrogens with zero attached hydrogens (tertiary/aromatic N) is 4. The maximum absolute atomic E-state index is 14.1. The van der Waals surface area contributed by atoms with Crippen LogP contribution in [0.4, 0.5) is 10.1 Å². The van der Waals surface area contributed by atoms with Crippen molar-refractivity contribution < 1.29 is 18.7 Å². The number of carbonyl (C=O) groups is 1. The third-order valence-electron chi connectivity index (χ3n) is 5.49. The van der Waals surface area contributed by atoms with Gasteiger partial charge in [-0.15, -0.1) is 0 Å².